The molecule has 0 radical (unpaired) electrons. The maximum absolute atomic E-state index is 13.1. The summed E-state index contributed by atoms with van der Waals surface area (Å²) in [4.78, 5) is 25.5. The van der Waals surface area contributed by atoms with Crippen molar-refractivity contribution in [2.24, 2.45) is 0 Å². The highest BCUT2D eigenvalue weighted by Crippen LogP contribution is 2.39. The van der Waals surface area contributed by atoms with Crippen LogP contribution in [0.15, 0.2) is 24.3 Å². The van der Waals surface area contributed by atoms with Crippen LogP contribution in [-0.4, -0.2) is 39.1 Å². The summed E-state index contributed by atoms with van der Waals surface area (Å²) in [5.41, 5.74) is -0.796. The fourth-order valence-corrected chi connectivity index (χ4v) is 3.21. The van der Waals surface area contributed by atoms with Gasteiger partial charge in [0.25, 0.3) is 0 Å². The number of carboxylic acids is 1. The fraction of sp³-hybridized carbons (Fsp3) is 0.500. The molecule has 2 atom stereocenters. The molecule has 1 aromatic rings. The number of benzene rings is 1. The molecule has 0 unspecified atom stereocenters. The van der Waals surface area contributed by atoms with E-state index in [1.807, 2.05) is 0 Å². The molecule has 1 heterocycles. The molecule has 5 nitrogen and oxygen atoms in total. The zero-order chi connectivity index (χ0) is 16.3. The maximum Gasteiger partial charge on any atom is 0.329 e. The minimum atomic E-state index is -1.32. The number of hydrogen-bond donors (Lipinski definition) is 2. The first-order valence-corrected chi connectivity index (χ1v) is 7.38. The molecule has 22 heavy (non-hydrogen) atoms. The second kappa shape index (κ2) is 6.44. The van der Waals surface area contributed by atoms with E-state index < -0.39 is 30.0 Å². The molecule has 2 N–H and O–H groups in total. The molecule has 0 saturated carbocycles. The highest BCUT2D eigenvalue weighted by molar-refractivity contribution is 5.88. The molecule has 1 fully saturated rings. The summed E-state index contributed by atoms with van der Waals surface area (Å²) in [6, 6.07) is 4.63. The van der Waals surface area contributed by atoms with Gasteiger partial charge in [-0.25, -0.2) is 9.18 Å². The molecule has 6 heteroatoms. The van der Waals surface area contributed by atoms with Crippen LogP contribution < -0.4 is 0 Å². The lowest BCUT2D eigenvalue weighted by Crippen LogP contribution is -2.60. The summed E-state index contributed by atoms with van der Waals surface area (Å²) < 4.78 is 13.1. The number of carbonyl (C=O) groups excluding carboxylic acids is 1. The number of amides is 1. The van der Waals surface area contributed by atoms with Gasteiger partial charge in [-0.3, -0.25) is 4.79 Å². The number of aliphatic carboxylic acids is 1. The predicted octanol–water partition coefficient (Wildman–Crippen LogP) is 2.10. The van der Waals surface area contributed by atoms with Crippen molar-refractivity contribution < 1.29 is 24.2 Å². The lowest BCUT2D eigenvalue weighted by molar-refractivity contribution is -0.169. The average molecular weight is 309 g/mol. The summed E-state index contributed by atoms with van der Waals surface area (Å²) in [7, 11) is 0. The second-order valence-electron chi connectivity index (χ2n) is 5.56. The number of carboxylic acid groups (broad SMARTS) is 1. The molecule has 1 aromatic carbocycles. The number of halogens is 1. The van der Waals surface area contributed by atoms with Crippen LogP contribution in [0.1, 0.15) is 44.2 Å². The smallest absolute Gasteiger partial charge is 0.329 e. The van der Waals surface area contributed by atoms with Crippen LogP contribution in [-0.2, 0) is 9.59 Å². The molecule has 0 aromatic heterocycles. The van der Waals surface area contributed by atoms with Crippen molar-refractivity contribution in [3.05, 3.63) is 35.6 Å². The zero-order valence-corrected chi connectivity index (χ0v) is 12.5. The van der Waals surface area contributed by atoms with Crippen LogP contribution in [0.3, 0.4) is 0 Å². The summed E-state index contributed by atoms with van der Waals surface area (Å²) in [6.07, 6.45) is 1.37. The van der Waals surface area contributed by atoms with Crippen LogP contribution in [0.4, 0.5) is 4.39 Å². The number of piperidine rings is 1. The van der Waals surface area contributed by atoms with E-state index in [0.29, 0.717) is 18.4 Å². The average Bonchev–Trinajstić information content (AvgIpc) is 2.51. The quantitative estimate of drug-likeness (QED) is 0.873. The van der Waals surface area contributed by atoms with Crippen LogP contribution >= 0.6 is 0 Å². The lowest BCUT2D eigenvalue weighted by atomic mass is 9.81. The van der Waals surface area contributed by atoms with Crippen molar-refractivity contribution in [1.29, 1.82) is 0 Å². The minimum absolute atomic E-state index is 0.256. The van der Waals surface area contributed by atoms with Gasteiger partial charge in [-0.2, -0.15) is 0 Å². The number of likely N-dealkylation sites (tertiary alicyclic amines) is 1. The minimum Gasteiger partial charge on any atom is -0.479 e. The van der Waals surface area contributed by atoms with Crippen LogP contribution in [0.2, 0.25) is 0 Å². The van der Waals surface area contributed by atoms with E-state index in [4.69, 9.17) is 0 Å². The third-order valence-corrected chi connectivity index (χ3v) is 4.43. The van der Waals surface area contributed by atoms with E-state index >= 15 is 0 Å². The van der Waals surface area contributed by atoms with Crippen LogP contribution in [0.25, 0.3) is 0 Å². The van der Waals surface area contributed by atoms with E-state index in [9.17, 15) is 24.2 Å². The van der Waals surface area contributed by atoms with Gasteiger partial charge in [0.2, 0.25) is 5.91 Å². The van der Waals surface area contributed by atoms with E-state index in [1.165, 1.54) is 29.2 Å². The van der Waals surface area contributed by atoms with Crippen molar-refractivity contribution in [2.75, 3.05) is 6.61 Å². The second-order valence-corrected chi connectivity index (χ2v) is 5.56. The molecule has 1 saturated heterocycles. The third-order valence-electron chi connectivity index (χ3n) is 4.43. The van der Waals surface area contributed by atoms with Crippen molar-refractivity contribution >= 4 is 11.9 Å². The Bertz CT molecular complexity index is 560. The highest BCUT2D eigenvalue weighted by atomic mass is 19.1. The van der Waals surface area contributed by atoms with Gasteiger partial charge in [0.1, 0.15) is 11.4 Å². The van der Waals surface area contributed by atoms with E-state index in [2.05, 4.69) is 0 Å². The van der Waals surface area contributed by atoms with Gasteiger partial charge in [-0.05, 0) is 37.0 Å². The SMILES string of the molecule is CC[C@]1(C(=O)O)CCCC(=O)N1[C@@H](CO)c1ccc(F)cc1. The van der Waals surface area contributed by atoms with Gasteiger partial charge in [0.15, 0.2) is 0 Å². The molecule has 0 aliphatic carbocycles. The van der Waals surface area contributed by atoms with Crippen molar-refractivity contribution in [1.82, 2.24) is 4.90 Å². The fourth-order valence-electron chi connectivity index (χ4n) is 3.21. The Hall–Kier alpha value is -1.95. The van der Waals surface area contributed by atoms with Gasteiger partial charge in [0.05, 0.1) is 12.6 Å². The Morgan fingerprint density at radius 3 is 2.55 bits per heavy atom. The summed E-state index contributed by atoms with van der Waals surface area (Å²) in [5.74, 6) is -1.78. The Balaban J connectivity index is 2.48. The van der Waals surface area contributed by atoms with Gasteiger partial charge in [-0.15, -0.1) is 0 Å². The van der Waals surface area contributed by atoms with Gasteiger partial charge < -0.3 is 15.1 Å². The third kappa shape index (κ3) is 2.70. The molecule has 0 spiro atoms. The highest BCUT2D eigenvalue weighted by Gasteiger charge is 2.50. The summed E-state index contributed by atoms with van der Waals surface area (Å²) >= 11 is 0. The van der Waals surface area contributed by atoms with Gasteiger partial charge in [0, 0.05) is 6.42 Å². The number of aliphatic hydroxyl groups is 1. The molecule has 1 amide bonds. The largest absolute Gasteiger partial charge is 0.479 e. The molecule has 1 aliphatic heterocycles. The Kier molecular flexibility index (Phi) is 4.81. The summed E-state index contributed by atoms with van der Waals surface area (Å²) in [5, 5.41) is 19.4. The zero-order valence-electron chi connectivity index (χ0n) is 12.5. The molecular formula is C16H20FNO4. The summed E-state index contributed by atoms with van der Waals surface area (Å²) in [6.45, 7) is 1.31. The molecule has 0 bridgehead atoms. The van der Waals surface area contributed by atoms with Crippen LogP contribution in [0.5, 0.6) is 0 Å². The number of carbonyl (C=O) groups is 2. The monoisotopic (exact) mass is 309 g/mol. The van der Waals surface area contributed by atoms with Gasteiger partial charge in [-0.1, -0.05) is 19.1 Å². The van der Waals surface area contributed by atoms with E-state index in [-0.39, 0.29) is 18.7 Å². The lowest BCUT2D eigenvalue weighted by Gasteiger charge is -2.47. The van der Waals surface area contributed by atoms with Crippen LogP contribution in [0, 0.1) is 5.82 Å². The normalized spacial score (nSPS) is 23.4. The number of rotatable bonds is 5. The molecule has 1 aliphatic rings. The van der Waals surface area contributed by atoms with Gasteiger partial charge >= 0.3 is 5.97 Å². The van der Waals surface area contributed by atoms with Crippen molar-refractivity contribution in [2.45, 2.75) is 44.2 Å². The number of nitrogens with zero attached hydrogens (tertiary/aromatic N) is 1. The maximum atomic E-state index is 13.1. The van der Waals surface area contributed by atoms with E-state index in [1.54, 1.807) is 6.92 Å². The Morgan fingerprint density at radius 1 is 1.41 bits per heavy atom. The molecule has 2 rings (SSSR count). The topological polar surface area (TPSA) is 77.8 Å². The molecule has 120 valence electrons. The number of aliphatic hydroxyl groups excluding tert-OH is 1. The van der Waals surface area contributed by atoms with Crippen molar-refractivity contribution in [3.8, 4) is 0 Å². The first kappa shape index (κ1) is 16.4. The standard InChI is InChI=1S/C16H20FNO4/c1-2-16(15(21)22)9-3-4-14(20)18(16)13(10-19)11-5-7-12(17)8-6-11/h5-8,13,19H,2-4,9-10H2,1H3,(H,21,22)/t13-,16+/m0/s1. The first-order chi connectivity index (χ1) is 10.5. The van der Waals surface area contributed by atoms with E-state index in [0.717, 1.165) is 0 Å². The Labute approximate surface area is 128 Å². The molecular weight excluding hydrogens is 289 g/mol. The first-order valence-electron chi connectivity index (χ1n) is 7.38. The Morgan fingerprint density at radius 2 is 2.05 bits per heavy atom. The predicted molar refractivity (Wildman–Crippen MR) is 77.6 cm³/mol. The number of hydrogen-bond acceptors (Lipinski definition) is 3. The van der Waals surface area contributed by atoms with Crippen molar-refractivity contribution in [3.63, 3.8) is 0 Å².